The molecule has 0 radical (unpaired) electrons. The van der Waals surface area contributed by atoms with E-state index in [0.29, 0.717) is 5.25 Å². The third kappa shape index (κ3) is 3.98. The Morgan fingerprint density at radius 3 is 2.64 bits per heavy atom. The van der Waals surface area contributed by atoms with Gasteiger partial charge in [-0.3, -0.25) is 9.98 Å². The minimum atomic E-state index is 0.220. The molecule has 0 aliphatic carbocycles. The van der Waals surface area contributed by atoms with Crippen LogP contribution < -0.4 is 0 Å². The zero-order chi connectivity index (χ0) is 15.2. The fourth-order valence-corrected chi connectivity index (χ4v) is 4.17. The molecule has 0 spiro atoms. The van der Waals surface area contributed by atoms with Gasteiger partial charge < -0.3 is 0 Å². The summed E-state index contributed by atoms with van der Waals surface area (Å²) < 4.78 is 0. The Bertz CT molecular complexity index is 610. The van der Waals surface area contributed by atoms with Crippen LogP contribution in [0.15, 0.2) is 64.6 Å². The monoisotopic (exact) mass is 310 g/mol. The van der Waals surface area contributed by atoms with Crippen LogP contribution >= 0.6 is 11.8 Å². The summed E-state index contributed by atoms with van der Waals surface area (Å²) in [4.78, 5) is 10.8. The molecule has 114 valence electrons. The lowest BCUT2D eigenvalue weighted by Gasteiger charge is -2.27. The molecule has 0 bridgehead atoms. The number of benzene rings is 1. The van der Waals surface area contributed by atoms with E-state index in [2.05, 4.69) is 54.4 Å². The van der Waals surface area contributed by atoms with Crippen molar-refractivity contribution in [2.75, 3.05) is 0 Å². The first kappa shape index (κ1) is 15.3. The molecule has 1 aliphatic heterocycles. The molecule has 0 fully saturated rings. The smallest absolute Gasteiger partial charge is 0.0929 e. The van der Waals surface area contributed by atoms with Crippen LogP contribution in [0.25, 0.3) is 0 Å². The molecule has 2 unspecified atom stereocenters. The quantitative estimate of drug-likeness (QED) is 0.747. The van der Waals surface area contributed by atoms with Gasteiger partial charge in [-0.2, -0.15) is 0 Å². The standard InChI is InChI=1S/C19H22N2S/c1-2-8-15-13-17(22-16-9-4-3-5-10-16)14-19(21-15)18-11-6-7-12-20-18/h3-7,9-12,17,19H,2,8,13-14H2,1H3. The van der Waals surface area contributed by atoms with Gasteiger partial charge in [-0.25, -0.2) is 0 Å². The van der Waals surface area contributed by atoms with E-state index in [-0.39, 0.29) is 6.04 Å². The Kier molecular flexibility index (Phi) is 5.28. The van der Waals surface area contributed by atoms with Gasteiger partial charge in [0, 0.05) is 22.1 Å². The molecule has 1 aliphatic rings. The van der Waals surface area contributed by atoms with E-state index in [9.17, 15) is 0 Å². The van der Waals surface area contributed by atoms with Crippen LogP contribution in [-0.2, 0) is 0 Å². The maximum Gasteiger partial charge on any atom is 0.0929 e. The Balaban J connectivity index is 1.77. The molecule has 0 saturated carbocycles. The highest BCUT2D eigenvalue weighted by Crippen LogP contribution is 2.37. The van der Waals surface area contributed by atoms with Crippen molar-refractivity contribution in [3.8, 4) is 0 Å². The summed E-state index contributed by atoms with van der Waals surface area (Å²) in [6.45, 7) is 2.23. The molecule has 0 amide bonds. The summed E-state index contributed by atoms with van der Waals surface area (Å²) in [5.74, 6) is 0. The van der Waals surface area contributed by atoms with Crippen molar-refractivity contribution in [1.29, 1.82) is 0 Å². The van der Waals surface area contributed by atoms with E-state index in [4.69, 9.17) is 4.99 Å². The van der Waals surface area contributed by atoms with Gasteiger partial charge in [-0.15, -0.1) is 11.8 Å². The maximum absolute atomic E-state index is 4.97. The Labute approximate surface area is 137 Å². The third-order valence-electron chi connectivity index (χ3n) is 3.90. The van der Waals surface area contributed by atoms with Crippen molar-refractivity contribution in [3.63, 3.8) is 0 Å². The van der Waals surface area contributed by atoms with Crippen LogP contribution in [0, 0.1) is 0 Å². The van der Waals surface area contributed by atoms with Crippen LogP contribution in [-0.4, -0.2) is 15.9 Å². The van der Waals surface area contributed by atoms with Gasteiger partial charge in [0.2, 0.25) is 0 Å². The van der Waals surface area contributed by atoms with Crippen LogP contribution in [0.4, 0.5) is 0 Å². The number of nitrogens with zero attached hydrogens (tertiary/aromatic N) is 2. The average molecular weight is 310 g/mol. The molecule has 2 atom stereocenters. The minimum absolute atomic E-state index is 0.220. The zero-order valence-electron chi connectivity index (χ0n) is 13.0. The summed E-state index contributed by atoms with van der Waals surface area (Å²) in [5.41, 5.74) is 2.47. The van der Waals surface area contributed by atoms with Gasteiger partial charge in [0.1, 0.15) is 0 Å². The molecule has 0 N–H and O–H groups in total. The number of aliphatic imine (C=N–C) groups is 1. The molecule has 22 heavy (non-hydrogen) atoms. The van der Waals surface area contributed by atoms with Crippen molar-refractivity contribution in [3.05, 3.63) is 60.4 Å². The van der Waals surface area contributed by atoms with Crippen molar-refractivity contribution in [2.24, 2.45) is 4.99 Å². The summed E-state index contributed by atoms with van der Waals surface area (Å²) in [5, 5.41) is 0.591. The molecule has 2 heterocycles. The molecule has 3 rings (SSSR count). The molecular weight excluding hydrogens is 288 g/mol. The predicted molar refractivity (Wildman–Crippen MR) is 94.6 cm³/mol. The molecular formula is C19H22N2S. The predicted octanol–water partition coefficient (Wildman–Crippen LogP) is 5.32. The van der Waals surface area contributed by atoms with Gasteiger partial charge >= 0.3 is 0 Å². The fourth-order valence-electron chi connectivity index (χ4n) is 2.92. The van der Waals surface area contributed by atoms with Gasteiger partial charge in [-0.05, 0) is 43.5 Å². The highest BCUT2D eigenvalue weighted by atomic mass is 32.2. The number of pyridine rings is 1. The topological polar surface area (TPSA) is 25.2 Å². The first-order valence-corrected chi connectivity index (χ1v) is 8.91. The van der Waals surface area contributed by atoms with Gasteiger partial charge in [0.05, 0.1) is 11.7 Å². The number of hydrogen-bond acceptors (Lipinski definition) is 3. The van der Waals surface area contributed by atoms with Crippen LogP contribution in [0.2, 0.25) is 0 Å². The lowest BCUT2D eigenvalue weighted by Crippen LogP contribution is -2.21. The molecule has 2 nitrogen and oxygen atoms in total. The Morgan fingerprint density at radius 2 is 1.91 bits per heavy atom. The molecule has 0 saturated heterocycles. The highest BCUT2D eigenvalue weighted by Gasteiger charge is 2.25. The average Bonchev–Trinajstić information content (AvgIpc) is 2.57. The van der Waals surface area contributed by atoms with E-state index in [0.717, 1.165) is 31.4 Å². The first-order chi connectivity index (χ1) is 10.8. The van der Waals surface area contributed by atoms with Crippen molar-refractivity contribution < 1.29 is 0 Å². The minimum Gasteiger partial charge on any atom is -0.284 e. The molecule has 3 heteroatoms. The number of aromatic nitrogens is 1. The van der Waals surface area contributed by atoms with Gasteiger partial charge in [0.25, 0.3) is 0 Å². The summed E-state index contributed by atoms with van der Waals surface area (Å²) >= 11 is 1.98. The highest BCUT2D eigenvalue weighted by molar-refractivity contribution is 8.00. The van der Waals surface area contributed by atoms with Crippen molar-refractivity contribution in [2.45, 2.75) is 48.8 Å². The summed E-state index contributed by atoms with van der Waals surface area (Å²) in [6, 6.07) is 17.1. The van der Waals surface area contributed by atoms with Crippen LogP contribution in [0.3, 0.4) is 0 Å². The number of hydrogen-bond donors (Lipinski definition) is 0. The van der Waals surface area contributed by atoms with Crippen molar-refractivity contribution in [1.82, 2.24) is 4.98 Å². The number of rotatable bonds is 5. The lowest BCUT2D eigenvalue weighted by molar-refractivity contribution is 0.587. The van der Waals surface area contributed by atoms with E-state index in [1.165, 1.54) is 10.6 Å². The van der Waals surface area contributed by atoms with Gasteiger partial charge in [-0.1, -0.05) is 37.6 Å². The van der Waals surface area contributed by atoms with Crippen LogP contribution in [0.5, 0.6) is 0 Å². The maximum atomic E-state index is 4.97. The second kappa shape index (κ2) is 7.59. The second-order valence-corrected chi connectivity index (χ2v) is 7.08. The number of thioether (sulfide) groups is 1. The van der Waals surface area contributed by atoms with Gasteiger partial charge in [0.15, 0.2) is 0 Å². The Hall–Kier alpha value is -1.61. The SMILES string of the molecule is CCCC1=NC(c2ccccn2)CC(Sc2ccccc2)C1. The van der Waals surface area contributed by atoms with E-state index in [1.54, 1.807) is 0 Å². The fraction of sp³-hybridized carbons (Fsp3) is 0.368. The van der Waals surface area contributed by atoms with E-state index >= 15 is 0 Å². The summed E-state index contributed by atoms with van der Waals surface area (Å²) in [7, 11) is 0. The molecule has 1 aromatic heterocycles. The zero-order valence-corrected chi connectivity index (χ0v) is 13.8. The molecule has 2 aromatic rings. The van der Waals surface area contributed by atoms with E-state index in [1.807, 2.05) is 24.0 Å². The Morgan fingerprint density at radius 1 is 1.09 bits per heavy atom. The van der Waals surface area contributed by atoms with Crippen molar-refractivity contribution >= 4 is 17.5 Å². The lowest BCUT2D eigenvalue weighted by atomic mass is 9.97. The molecule has 1 aromatic carbocycles. The first-order valence-electron chi connectivity index (χ1n) is 8.03. The van der Waals surface area contributed by atoms with E-state index < -0.39 is 0 Å². The largest absolute Gasteiger partial charge is 0.284 e. The second-order valence-electron chi connectivity index (χ2n) is 5.71. The normalized spacial score (nSPS) is 21.4. The summed E-state index contributed by atoms with van der Waals surface area (Å²) in [6.07, 6.45) is 6.32. The third-order valence-corrected chi connectivity index (χ3v) is 5.14. The van der Waals surface area contributed by atoms with Crippen LogP contribution in [0.1, 0.15) is 44.3 Å².